The van der Waals surface area contributed by atoms with Crippen LogP contribution < -0.4 is 5.56 Å². The second-order valence-electron chi connectivity index (χ2n) is 3.84. The predicted octanol–water partition coefficient (Wildman–Crippen LogP) is 1.83. The van der Waals surface area contributed by atoms with E-state index in [9.17, 15) is 4.79 Å². The lowest BCUT2D eigenvalue weighted by atomic mass is 10.1. The summed E-state index contributed by atoms with van der Waals surface area (Å²) >= 11 is 0. The molecule has 0 spiro atoms. The largest absolute Gasteiger partial charge is 0.318 e. The van der Waals surface area contributed by atoms with Crippen molar-refractivity contribution in [2.24, 2.45) is 7.05 Å². The zero-order chi connectivity index (χ0) is 9.42. The molecule has 0 radical (unpaired) electrons. The molecule has 1 saturated carbocycles. The fourth-order valence-electron chi connectivity index (χ4n) is 1.70. The van der Waals surface area contributed by atoms with Gasteiger partial charge in [0.15, 0.2) is 0 Å². The molecule has 0 unspecified atom stereocenters. The average Bonchev–Trinajstić information content (AvgIpc) is 2.92. The normalized spacial score (nSPS) is 16.2. The Hall–Kier alpha value is -1.05. The van der Waals surface area contributed by atoms with Gasteiger partial charge in [0.05, 0.1) is 0 Å². The van der Waals surface area contributed by atoms with Crippen molar-refractivity contribution in [3.63, 3.8) is 0 Å². The number of aromatic nitrogens is 1. The summed E-state index contributed by atoms with van der Waals surface area (Å²) in [5.41, 5.74) is 2.46. The number of nitrogens with zero attached hydrogens (tertiary/aromatic N) is 1. The molecule has 1 heterocycles. The van der Waals surface area contributed by atoms with Crippen molar-refractivity contribution in [2.45, 2.75) is 32.1 Å². The minimum atomic E-state index is 0.159. The van der Waals surface area contributed by atoms with E-state index in [0.29, 0.717) is 0 Å². The Kier molecular flexibility index (Phi) is 1.98. The fourth-order valence-corrected chi connectivity index (χ4v) is 1.70. The number of aryl methyl sites for hydroxylation is 2. The maximum Gasteiger partial charge on any atom is 0.253 e. The number of pyridine rings is 1. The first-order chi connectivity index (χ1) is 6.22. The van der Waals surface area contributed by atoms with E-state index >= 15 is 0 Å². The molecule has 0 bridgehead atoms. The Morgan fingerprint density at radius 2 is 2.23 bits per heavy atom. The van der Waals surface area contributed by atoms with Gasteiger partial charge in [-0.3, -0.25) is 4.79 Å². The second-order valence-corrected chi connectivity index (χ2v) is 3.84. The van der Waals surface area contributed by atoms with Gasteiger partial charge in [0.25, 0.3) is 5.56 Å². The minimum Gasteiger partial charge on any atom is -0.318 e. The van der Waals surface area contributed by atoms with E-state index in [1.165, 1.54) is 18.4 Å². The highest BCUT2D eigenvalue weighted by atomic mass is 16.1. The van der Waals surface area contributed by atoms with E-state index < -0.39 is 0 Å². The molecule has 13 heavy (non-hydrogen) atoms. The molecule has 1 fully saturated rings. The molecule has 1 aliphatic carbocycles. The minimum absolute atomic E-state index is 0.159. The third kappa shape index (κ3) is 1.53. The van der Waals surface area contributed by atoms with Crippen molar-refractivity contribution >= 4 is 0 Å². The van der Waals surface area contributed by atoms with E-state index in [0.717, 1.165) is 17.9 Å². The first-order valence-electron chi connectivity index (χ1n) is 4.92. The molecular weight excluding hydrogens is 162 g/mol. The van der Waals surface area contributed by atoms with Crippen LogP contribution in [0.5, 0.6) is 0 Å². The number of rotatable bonds is 2. The van der Waals surface area contributed by atoms with Gasteiger partial charge < -0.3 is 4.57 Å². The maximum absolute atomic E-state index is 11.6. The van der Waals surface area contributed by atoms with E-state index in [1.54, 1.807) is 4.57 Å². The molecule has 0 atom stereocenters. The molecule has 1 aromatic heterocycles. The molecule has 2 nitrogen and oxygen atoms in total. The van der Waals surface area contributed by atoms with Crippen LogP contribution in [-0.2, 0) is 13.5 Å². The third-order valence-electron chi connectivity index (χ3n) is 2.71. The van der Waals surface area contributed by atoms with Gasteiger partial charge in [0.2, 0.25) is 0 Å². The Bertz CT molecular complexity index is 374. The quantitative estimate of drug-likeness (QED) is 0.675. The standard InChI is InChI=1S/C11H15NO/c1-3-8-6-10(9-4-5-9)7-12(2)11(8)13/h6-7,9H,3-5H2,1-2H3. The van der Waals surface area contributed by atoms with Crippen molar-refractivity contribution in [3.05, 3.63) is 33.7 Å². The topological polar surface area (TPSA) is 22.0 Å². The van der Waals surface area contributed by atoms with Gasteiger partial charge in [0, 0.05) is 18.8 Å². The summed E-state index contributed by atoms with van der Waals surface area (Å²) in [5.74, 6) is 0.733. The van der Waals surface area contributed by atoms with Crippen LogP contribution in [0.4, 0.5) is 0 Å². The van der Waals surface area contributed by atoms with Gasteiger partial charge in [-0.1, -0.05) is 6.92 Å². The van der Waals surface area contributed by atoms with Crippen molar-refractivity contribution in [1.82, 2.24) is 4.57 Å². The van der Waals surface area contributed by atoms with Crippen LogP contribution in [-0.4, -0.2) is 4.57 Å². The van der Waals surface area contributed by atoms with Crippen molar-refractivity contribution in [3.8, 4) is 0 Å². The summed E-state index contributed by atoms with van der Waals surface area (Å²) in [6.45, 7) is 2.04. The van der Waals surface area contributed by atoms with Crippen molar-refractivity contribution < 1.29 is 0 Å². The molecule has 1 aromatic rings. The highest BCUT2D eigenvalue weighted by molar-refractivity contribution is 5.25. The van der Waals surface area contributed by atoms with Crippen LogP contribution in [0.1, 0.15) is 36.8 Å². The Morgan fingerprint density at radius 3 is 2.77 bits per heavy atom. The summed E-state index contributed by atoms with van der Waals surface area (Å²) in [6.07, 6.45) is 5.41. The molecule has 0 aromatic carbocycles. The zero-order valence-corrected chi connectivity index (χ0v) is 8.21. The van der Waals surface area contributed by atoms with Crippen molar-refractivity contribution in [1.29, 1.82) is 0 Å². The summed E-state index contributed by atoms with van der Waals surface area (Å²) in [7, 11) is 1.84. The summed E-state index contributed by atoms with van der Waals surface area (Å²) in [6, 6.07) is 2.08. The SMILES string of the molecule is CCc1cc(C2CC2)cn(C)c1=O. The van der Waals surface area contributed by atoms with Gasteiger partial charge in [-0.15, -0.1) is 0 Å². The van der Waals surface area contributed by atoms with Crippen LogP contribution in [0.25, 0.3) is 0 Å². The van der Waals surface area contributed by atoms with Gasteiger partial charge in [0.1, 0.15) is 0 Å². The van der Waals surface area contributed by atoms with Gasteiger partial charge in [-0.2, -0.15) is 0 Å². The molecule has 0 amide bonds. The Balaban J connectivity index is 2.50. The molecule has 0 saturated heterocycles. The van der Waals surface area contributed by atoms with Crippen LogP contribution in [0.3, 0.4) is 0 Å². The highest BCUT2D eigenvalue weighted by Gasteiger charge is 2.24. The number of hydrogen-bond acceptors (Lipinski definition) is 1. The molecular formula is C11H15NO. The predicted molar refractivity (Wildman–Crippen MR) is 53.0 cm³/mol. The lowest BCUT2D eigenvalue weighted by Gasteiger charge is -2.05. The van der Waals surface area contributed by atoms with E-state index in [1.807, 2.05) is 20.2 Å². The van der Waals surface area contributed by atoms with Crippen LogP contribution in [0.15, 0.2) is 17.1 Å². The molecule has 1 aliphatic rings. The molecule has 0 N–H and O–H groups in total. The lowest BCUT2D eigenvalue weighted by molar-refractivity contribution is 0.815. The van der Waals surface area contributed by atoms with Gasteiger partial charge >= 0.3 is 0 Å². The lowest BCUT2D eigenvalue weighted by Crippen LogP contribution is -2.20. The van der Waals surface area contributed by atoms with E-state index in [2.05, 4.69) is 6.07 Å². The zero-order valence-electron chi connectivity index (χ0n) is 8.21. The molecule has 2 heteroatoms. The van der Waals surface area contributed by atoms with Gasteiger partial charge in [-0.05, 0) is 36.8 Å². The highest BCUT2D eigenvalue weighted by Crippen LogP contribution is 2.39. The van der Waals surface area contributed by atoms with E-state index in [-0.39, 0.29) is 5.56 Å². The maximum atomic E-state index is 11.6. The third-order valence-corrected chi connectivity index (χ3v) is 2.71. The smallest absolute Gasteiger partial charge is 0.253 e. The molecule has 70 valence electrons. The monoisotopic (exact) mass is 177 g/mol. The second kappa shape index (κ2) is 3.02. The Labute approximate surface area is 78.2 Å². The average molecular weight is 177 g/mol. The van der Waals surface area contributed by atoms with Crippen molar-refractivity contribution in [2.75, 3.05) is 0 Å². The molecule has 0 aliphatic heterocycles. The van der Waals surface area contributed by atoms with Gasteiger partial charge in [-0.25, -0.2) is 0 Å². The van der Waals surface area contributed by atoms with E-state index in [4.69, 9.17) is 0 Å². The molecule has 2 rings (SSSR count). The Morgan fingerprint density at radius 1 is 1.54 bits per heavy atom. The first-order valence-corrected chi connectivity index (χ1v) is 4.92. The van der Waals surface area contributed by atoms with Crippen LogP contribution in [0.2, 0.25) is 0 Å². The summed E-state index contributed by atoms with van der Waals surface area (Å²) < 4.78 is 1.71. The number of hydrogen-bond donors (Lipinski definition) is 0. The van der Waals surface area contributed by atoms with Crippen LogP contribution >= 0.6 is 0 Å². The van der Waals surface area contributed by atoms with Crippen LogP contribution in [0, 0.1) is 0 Å². The fraction of sp³-hybridized carbons (Fsp3) is 0.545. The summed E-state index contributed by atoms with van der Waals surface area (Å²) in [5, 5.41) is 0. The first kappa shape index (κ1) is 8.54. The summed E-state index contributed by atoms with van der Waals surface area (Å²) in [4.78, 5) is 11.6.